The van der Waals surface area contributed by atoms with Gasteiger partial charge in [0, 0.05) is 5.69 Å². The first-order valence-electron chi connectivity index (χ1n) is 11.6. The molecule has 1 aliphatic rings. The lowest BCUT2D eigenvalue weighted by Gasteiger charge is -2.36. The number of ether oxygens (including phenoxy) is 2. The Morgan fingerprint density at radius 3 is 2.24 bits per heavy atom. The Balaban J connectivity index is 1.63. The zero-order chi connectivity index (χ0) is 24.0. The van der Waals surface area contributed by atoms with Crippen LogP contribution >= 0.6 is 0 Å². The molecule has 176 valence electrons. The highest BCUT2D eigenvalue weighted by Crippen LogP contribution is 2.35. The standard InChI is InChI=1S/C27H33NO5/c1-17(2)21-14-11-19(4)15-24(21)33-27(31)23-8-6-5-7-22(23)26(30)32-16-25(29)28-20-12-9-18(3)10-13-20/h5-10,12-13,17,19,21,24H,11,14-16H2,1-4H3,(H,28,29)/t19-,21-,24+/m0/s1. The molecule has 1 fully saturated rings. The molecule has 0 unspecified atom stereocenters. The molecule has 1 N–H and O–H groups in total. The summed E-state index contributed by atoms with van der Waals surface area (Å²) in [6.07, 6.45) is 2.80. The molecule has 3 atom stereocenters. The van der Waals surface area contributed by atoms with Crippen LogP contribution in [0.3, 0.4) is 0 Å². The molecule has 3 rings (SSSR count). The summed E-state index contributed by atoms with van der Waals surface area (Å²) in [5, 5.41) is 2.68. The average Bonchev–Trinajstić information content (AvgIpc) is 2.79. The van der Waals surface area contributed by atoms with Gasteiger partial charge in [-0.1, -0.05) is 57.0 Å². The van der Waals surface area contributed by atoms with E-state index in [0.29, 0.717) is 23.4 Å². The molecule has 0 aliphatic heterocycles. The van der Waals surface area contributed by atoms with Crippen molar-refractivity contribution in [1.82, 2.24) is 0 Å². The van der Waals surface area contributed by atoms with Crippen LogP contribution in [0, 0.1) is 24.7 Å². The molecule has 0 saturated heterocycles. The van der Waals surface area contributed by atoms with E-state index in [0.717, 1.165) is 24.8 Å². The van der Waals surface area contributed by atoms with Gasteiger partial charge in [0.2, 0.25) is 0 Å². The van der Waals surface area contributed by atoms with Gasteiger partial charge in [-0.3, -0.25) is 4.79 Å². The number of benzene rings is 2. The van der Waals surface area contributed by atoms with E-state index in [9.17, 15) is 14.4 Å². The zero-order valence-electron chi connectivity index (χ0n) is 19.8. The predicted molar refractivity (Wildman–Crippen MR) is 127 cm³/mol. The maximum atomic E-state index is 13.0. The lowest BCUT2D eigenvalue weighted by atomic mass is 9.75. The molecule has 0 bridgehead atoms. The number of anilines is 1. The fourth-order valence-electron chi connectivity index (χ4n) is 4.33. The molecule has 0 radical (unpaired) electrons. The largest absolute Gasteiger partial charge is 0.458 e. The minimum atomic E-state index is -0.737. The minimum Gasteiger partial charge on any atom is -0.458 e. The van der Waals surface area contributed by atoms with Crippen molar-refractivity contribution in [2.75, 3.05) is 11.9 Å². The van der Waals surface area contributed by atoms with E-state index in [1.807, 2.05) is 19.1 Å². The molecule has 6 heteroatoms. The van der Waals surface area contributed by atoms with Crippen LogP contribution in [0.4, 0.5) is 5.69 Å². The van der Waals surface area contributed by atoms with Gasteiger partial charge in [0.25, 0.3) is 5.91 Å². The van der Waals surface area contributed by atoms with Gasteiger partial charge in [0.05, 0.1) is 11.1 Å². The Labute approximate surface area is 195 Å². The Kier molecular flexibility index (Phi) is 8.26. The number of carbonyl (C=O) groups excluding carboxylic acids is 3. The molecule has 33 heavy (non-hydrogen) atoms. The first kappa shape index (κ1) is 24.5. The van der Waals surface area contributed by atoms with Crippen LogP contribution in [-0.4, -0.2) is 30.6 Å². The van der Waals surface area contributed by atoms with E-state index < -0.39 is 24.5 Å². The highest BCUT2D eigenvalue weighted by Gasteiger charge is 2.34. The van der Waals surface area contributed by atoms with E-state index in [4.69, 9.17) is 9.47 Å². The third-order valence-electron chi connectivity index (χ3n) is 6.26. The fourth-order valence-corrected chi connectivity index (χ4v) is 4.33. The second-order valence-electron chi connectivity index (χ2n) is 9.31. The summed E-state index contributed by atoms with van der Waals surface area (Å²) >= 11 is 0. The summed E-state index contributed by atoms with van der Waals surface area (Å²) in [5.74, 6) is -0.527. The lowest BCUT2D eigenvalue weighted by Crippen LogP contribution is -2.36. The van der Waals surface area contributed by atoms with Gasteiger partial charge in [-0.15, -0.1) is 0 Å². The Morgan fingerprint density at radius 1 is 0.970 bits per heavy atom. The third-order valence-corrected chi connectivity index (χ3v) is 6.26. The molecule has 6 nitrogen and oxygen atoms in total. The van der Waals surface area contributed by atoms with Crippen molar-refractivity contribution in [3.8, 4) is 0 Å². The number of carbonyl (C=O) groups is 3. The average molecular weight is 452 g/mol. The number of hydrogen-bond donors (Lipinski definition) is 1. The normalized spacial score (nSPS) is 20.2. The van der Waals surface area contributed by atoms with E-state index >= 15 is 0 Å². The molecule has 1 aliphatic carbocycles. The summed E-state index contributed by atoms with van der Waals surface area (Å²) in [6, 6.07) is 13.7. The summed E-state index contributed by atoms with van der Waals surface area (Å²) in [5.41, 5.74) is 1.94. The number of amides is 1. The predicted octanol–water partition coefficient (Wildman–Crippen LogP) is 5.41. The summed E-state index contributed by atoms with van der Waals surface area (Å²) in [6.45, 7) is 7.96. The van der Waals surface area contributed by atoms with Gasteiger partial charge in [-0.2, -0.15) is 0 Å². The number of esters is 2. The SMILES string of the molecule is Cc1ccc(NC(=O)COC(=O)c2ccccc2C(=O)O[C@@H]2C[C@@H](C)CC[C@H]2C(C)C)cc1. The molecule has 2 aromatic rings. The van der Waals surface area contributed by atoms with Crippen LogP contribution in [0.1, 0.15) is 66.3 Å². The van der Waals surface area contributed by atoms with E-state index in [1.54, 1.807) is 30.3 Å². The van der Waals surface area contributed by atoms with E-state index in [2.05, 4.69) is 26.1 Å². The molecule has 2 aromatic carbocycles. The summed E-state index contributed by atoms with van der Waals surface area (Å²) < 4.78 is 11.1. The smallest absolute Gasteiger partial charge is 0.339 e. The second-order valence-corrected chi connectivity index (χ2v) is 9.31. The van der Waals surface area contributed by atoms with Crippen molar-refractivity contribution in [3.63, 3.8) is 0 Å². The van der Waals surface area contributed by atoms with Crippen LogP contribution in [0.2, 0.25) is 0 Å². The third kappa shape index (κ3) is 6.67. The monoisotopic (exact) mass is 451 g/mol. The van der Waals surface area contributed by atoms with Crippen molar-refractivity contribution in [3.05, 3.63) is 65.2 Å². The second kappa shape index (κ2) is 11.1. The topological polar surface area (TPSA) is 81.7 Å². The van der Waals surface area contributed by atoms with Gasteiger partial charge in [-0.05, 0) is 61.8 Å². The number of aryl methyl sites for hydroxylation is 1. The van der Waals surface area contributed by atoms with Crippen molar-refractivity contribution in [1.29, 1.82) is 0 Å². The molecule has 0 aromatic heterocycles. The molecule has 1 amide bonds. The Morgan fingerprint density at radius 2 is 1.61 bits per heavy atom. The number of nitrogens with one attached hydrogen (secondary N) is 1. The van der Waals surface area contributed by atoms with Crippen LogP contribution in [-0.2, 0) is 14.3 Å². The minimum absolute atomic E-state index is 0.0931. The van der Waals surface area contributed by atoms with Gasteiger partial charge < -0.3 is 14.8 Å². The summed E-state index contributed by atoms with van der Waals surface area (Å²) in [7, 11) is 0. The first-order chi connectivity index (χ1) is 15.7. The quantitative estimate of drug-likeness (QED) is 0.570. The van der Waals surface area contributed by atoms with Crippen molar-refractivity contribution >= 4 is 23.5 Å². The van der Waals surface area contributed by atoms with Crippen molar-refractivity contribution < 1.29 is 23.9 Å². The van der Waals surface area contributed by atoms with E-state index in [-0.39, 0.29) is 17.2 Å². The maximum absolute atomic E-state index is 13.0. The Hall–Kier alpha value is -3.15. The number of rotatable bonds is 7. The highest BCUT2D eigenvalue weighted by molar-refractivity contribution is 6.04. The lowest BCUT2D eigenvalue weighted by molar-refractivity contribution is -0.119. The zero-order valence-corrected chi connectivity index (χ0v) is 19.8. The van der Waals surface area contributed by atoms with E-state index in [1.165, 1.54) is 6.07 Å². The highest BCUT2D eigenvalue weighted by atomic mass is 16.5. The van der Waals surface area contributed by atoms with Crippen molar-refractivity contribution in [2.45, 2.75) is 53.1 Å². The molecular weight excluding hydrogens is 418 g/mol. The first-order valence-corrected chi connectivity index (χ1v) is 11.6. The van der Waals surface area contributed by atoms with Crippen LogP contribution in [0.5, 0.6) is 0 Å². The van der Waals surface area contributed by atoms with Crippen LogP contribution < -0.4 is 5.32 Å². The molecule has 1 saturated carbocycles. The fraction of sp³-hybridized carbons (Fsp3) is 0.444. The summed E-state index contributed by atoms with van der Waals surface area (Å²) in [4.78, 5) is 37.9. The van der Waals surface area contributed by atoms with Crippen LogP contribution in [0.25, 0.3) is 0 Å². The number of hydrogen-bond acceptors (Lipinski definition) is 5. The van der Waals surface area contributed by atoms with Gasteiger partial charge in [0.15, 0.2) is 6.61 Å². The molecular formula is C27H33NO5. The Bertz CT molecular complexity index is 982. The molecule has 0 spiro atoms. The van der Waals surface area contributed by atoms with Crippen molar-refractivity contribution in [2.24, 2.45) is 17.8 Å². The van der Waals surface area contributed by atoms with Gasteiger partial charge in [-0.25, -0.2) is 9.59 Å². The van der Waals surface area contributed by atoms with Gasteiger partial charge in [0.1, 0.15) is 6.10 Å². The van der Waals surface area contributed by atoms with Gasteiger partial charge >= 0.3 is 11.9 Å². The maximum Gasteiger partial charge on any atom is 0.339 e. The van der Waals surface area contributed by atoms with Crippen LogP contribution in [0.15, 0.2) is 48.5 Å². The molecule has 0 heterocycles.